The third kappa shape index (κ3) is 2.40. The van der Waals surface area contributed by atoms with Crippen LogP contribution in [-0.2, 0) is 0 Å². The number of halogens is 2. The Hall–Kier alpha value is -0.640. The van der Waals surface area contributed by atoms with Crippen molar-refractivity contribution in [1.82, 2.24) is 4.90 Å². The SMILES string of the molecule is CN(C)C(N)c1ccc(F)c(Cl)c1. The highest BCUT2D eigenvalue weighted by Gasteiger charge is 2.09. The molecule has 72 valence electrons. The van der Waals surface area contributed by atoms with Crippen molar-refractivity contribution < 1.29 is 4.39 Å². The van der Waals surface area contributed by atoms with Crippen LogP contribution in [0.2, 0.25) is 5.02 Å². The lowest BCUT2D eigenvalue weighted by Gasteiger charge is -2.19. The van der Waals surface area contributed by atoms with Crippen molar-refractivity contribution in [1.29, 1.82) is 0 Å². The monoisotopic (exact) mass is 202 g/mol. The fourth-order valence-corrected chi connectivity index (χ4v) is 1.18. The summed E-state index contributed by atoms with van der Waals surface area (Å²) in [5.41, 5.74) is 6.60. The van der Waals surface area contributed by atoms with Crippen molar-refractivity contribution in [2.75, 3.05) is 14.1 Å². The molecule has 2 nitrogen and oxygen atoms in total. The van der Waals surface area contributed by atoms with E-state index < -0.39 is 5.82 Å². The van der Waals surface area contributed by atoms with Crippen molar-refractivity contribution in [3.8, 4) is 0 Å². The van der Waals surface area contributed by atoms with E-state index in [2.05, 4.69) is 0 Å². The summed E-state index contributed by atoms with van der Waals surface area (Å²) in [6.45, 7) is 0. The zero-order chi connectivity index (χ0) is 10.0. The van der Waals surface area contributed by atoms with Gasteiger partial charge in [-0.25, -0.2) is 4.39 Å². The molecular formula is C9H12ClFN2. The zero-order valence-electron chi connectivity index (χ0n) is 7.59. The lowest BCUT2D eigenvalue weighted by molar-refractivity contribution is 0.307. The van der Waals surface area contributed by atoms with Gasteiger partial charge in [-0.3, -0.25) is 4.90 Å². The van der Waals surface area contributed by atoms with Crippen LogP contribution in [0.5, 0.6) is 0 Å². The molecule has 0 spiro atoms. The fraction of sp³-hybridized carbons (Fsp3) is 0.333. The van der Waals surface area contributed by atoms with Gasteiger partial charge in [0.25, 0.3) is 0 Å². The number of hydrogen-bond donors (Lipinski definition) is 1. The minimum atomic E-state index is -0.420. The number of hydrogen-bond acceptors (Lipinski definition) is 2. The van der Waals surface area contributed by atoms with Crippen LogP contribution in [0.25, 0.3) is 0 Å². The van der Waals surface area contributed by atoms with Gasteiger partial charge in [-0.1, -0.05) is 17.7 Å². The van der Waals surface area contributed by atoms with Gasteiger partial charge in [-0.2, -0.15) is 0 Å². The quantitative estimate of drug-likeness (QED) is 0.744. The number of benzene rings is 1. The second kappa shape index (κ2) is 4.05. The van der Waals surface area contributed by atoms with E-state index in [1.54, 1.807) is 12.1 Å². The van der Waals surface area contributed by atoms with Crippen molar-refractivity contribution >= 4 is 11.6 Å². The molecular weight excluding hydrogens is 191 g/mol. The summed E-state index contributed by atoms with van der Waals surface area (Å²) in [5, 5.41) is 0.106. The number of rotatable bonds is 2. The summed E-state index contributed by atoms with van der Waals surface area (Å²) >= 11 is 5.61. The van der Waals surface area contributed by atoms with Gasteiger partial charge >= 0.3 is 0 Å². The number of nitrogens with zero attached hydrogens (tertiary/aromatic N) is 1. The average molecular weight is 203 g/mol. The molecule has 0 heterocycles. The molecule has 0 aliphatic carbocycles. The maximum atomic E-state index is 12.8. The molecule has 0 amide bonds. The molecule has 0 bridgehead atoms. The van der Waals surface area contributed by atoms with E-state index in [0.29, 0.717) is 0 Å². The van der Waals surface area contributed by atoms with Crippen molar-refractivity contribution in [3.05, 3.63) is 34.6 Å². The third-order valence-corrected chi connectivity index (χ3v) is 2.13. The molecule has 0 saturated heterocycles. The van der Waals surface area contributed by atoms with Crippen molar-refractivity contribution in [2.45, 2.75) is 6.17 Å². The van der Waals surface area contributed by atoms with Crippen LogP contribution in [-0.4, -0.2) is 19.0 Å². The van der Waals surface area contributed by atoms with Crippen molar-refractivity contribution in [2.24, 2.45) is 5.73 Å². The Morgan fingerprint density at radius 1 is 1.46 bits per heavy atom. The van der Waals surface area contributed by atoms with Gasteiger partial charge in [-0.05, 0) is 31.8 Å². The summed E-state index contributed by atoms with van der Waals surface area (Å²) in [6, 6.07) is 4.49. The van der Waals surface area contributed by atoms with Crippen LogP contribution < -0.4 is 5.73 Å². The Balaban J connectivity index is 2.97. The van der Waals surface area contributed by atoms with Crippen LogP contribution >= 0.6 is 11.6 Å². The smallest absolute Gasteiger partial charge is 0.141 e. The molecule has 0 aromatic heterocycles. The standard InChI is InChI=1S/C9H12ClFN2/c1-13(2)9(12)6-3-4-8(11)7(10)5-6/h3-5,9H,12H2,1-2H3. The van der Waals surface area contributed by atoms with Gasteiger partial charge in [-0.15, -0.1) is 0 Å². The van der Waals surface area contributed by atoms with E-state index >= 15 is 0 Å². The Morgan fingerprint density at radius 2 is 2.08 bits per heavy atom. The maximum Gasteiger partial charge on any atom is 0.141 e. The van der Waals surface area contributed by atoms with Crippen molar-refractivity contribution in [3.63, 3.8) is 0 Å². The Bertz CT molecular complexity index is 302. The third-order valence-electron chi connectivity index (χ3n) is 1.84. The molecule has 0 fully saturated rings. The van der Waals surface area contributed by atoms with Crippen LogP contribution in [0.1, 0.15) is 11.7 Å². The second-order valence-corrected chi connectivity index (χ2v) is 3.49. The van der Waals surface area contributed by atoms with Crippen LogP contribution in [0, 0.1) is 5.82 Å². The van der Waals surface area contributed by atoms with Crippen LogP contribution in [0.3, 0.4) is 0 Å². The molecule has 4 heteroatoms. The molecule has 1 aromatic rings. The molecule has 1 atom stereocenters. The highest BCUT2D eigenvalue weighted by Crippen LogP contribution is 2.20. The molecule has 1 aromatic carbocycles. The molecule has 13 heavy (non-hydrogen) atoms. The Labute approximate surface area is 82.1 Å². The van der Waals surface area contributed by atoms with Gasteiger partial charge in [0, 0.05) is 0 Å². The van der Waals surface area contributed by atoms with E-state index in [1.807, 2.05) is 19.0 Å². The predicted molar refractivity (Wildman–Crippen MR) is 52.0 cm³/mol. The van der Waals surface area contributed by atoms with Gasteiger partial charge in [0.2, 0.25) is 0 Å². The summed E-state index contributed by atoms with van der Waals surface area (Å²) in [4.78, 5) is 1.82. The lowest BCUT2D eigenvalue weighted by Crippen LogP contribution is -2.27. The molecule has 0 aliphatic heterocycles. The Kier molecular flexibility index (Phi) is 3.25. The lowest BCUT2D eigenvalue weighted by atomic mass is 10.1. The highest BCUT2D eigenvalue weighted by atomic mass is 35.5. The minimum absolute atomic E-state index is 0.106. The first kappa shape index (κ1) is 10.4. The van der Waals surface area contributed by atoms with Gasteiger partial charge in [0.05, 0.1) is 11.2 Å². The molecule has 2 N–H and O–H groups in total. The highest BCUT2D eigenvalue weighted by molar-refractivity contribution is 6.30. The van der Waals surface area contributed by atoms with Crippen LogP contribution in [0.4, 0.5) is 4.39 Å². The van der Waals surface area contributed by atoms with E-state index in [9.17, 15) is 4.39 Å². The van der Waals surface area contributed by atoms with E-state index in [-0.39, 0.29) is 11.2 Å². The fourth-order valence-electron chi connectivity index (χ4n) is 0.994. The summed E-state index contributed by atoms with van der Waals surface area (Å²) in [5.74, 6) is -0.420. The van der Waals surface area contributed by atoms with E-state index in [4.69, 9.17) is 17.3 Å². The van der Waals surface area contributed by atoms with Crippen LogP contribution in [0.15, 0.2) is 18.2 Å². The first-order valence-corrected chi connectivity index (χ1v) is 4.27. The topological polar surface area (TPSA) is 29.3 Å². The minimum Gasteiger partial charge on any atom is -0.312 e. The van der Waals surface area contributed by atoms with E-state index in [0.717, 1.165) is 5.56 Å². The summed E-state index contributed by atoms with van der Waals surface area (Å²) < 4.78 is 12.8. The number of nitrogens with two attached hydrogens (primary N) is 1. The normalized spacial score (nSPS) is 13.4. The predicted octanol–water partition coefficient (Wildman–Crippen LogP) is 2.00. The molecule has 1 unspecified atom stereocenters. The molecule has 0 saturated carbocycles. The Morgan fingerprint density at radius 3 is 2.54 bits per heavy atom. The second-order valence-electron chi connectivity index (χ2n) is 3.08. The summed E-state index contributed by atoms with van der Waals surface area (Å²) in [6.07, 6.45) is -0.252. The van der Waals surface area contributed by atoms with Gasteiger partial charge in [0.1, 0.15) is 5.82 Å². The van der Waals surface area contributed by atoms with Gasteiger partial charge < -0.3 is 5.73 Å². The molecule has 1 rings (SSSR count). The summed E-state index contributed by atoms with van der Waals surface area (Å²) in [7, 11) is 3.70. The first-order chi connectivity index (χ1) is 6.02. The molecule has 0 aliphatic rings. The van der Waals surface area contributed by atoms with Gasteiger partial charge in [0.15, 0.2) is 0 Å². The average Bonchev–Trinajstić information content (AvgIpc) is 2.08. The van der Waals surface area contributed by atoms with E-state index in [1.165, 1.54) is 6.07 Å². The largest absolute Gasteiger partial charge is 0.312 e. The zero-order valence-corrected chi connectivity index (χ0v) is 8.35. The molecule has 0 radical (unpaired) electrons. The first-order valence-electron chi connectivity index (χ1n) is 3.89. The maximum absolute atomic E-state index is 12.8.